The van der Waals surface area contributed by atoms with Gasteiger partial charge in [-0.2, -0.15) is 11.3 Å². The molecule has 0 saturated carbocycles. The molecule has 5 heteroatoms. The molecule has 3 nitrogen and oxygen atoms in total. The lowest BCUT2D eigenvalue weighted by atomic mass is 10.1. The Kier molecular flexibility index (Phi) is 5.43. The molecule has 0 saturated heterocycles. The van der Waals surface area contributed by atoms with Crippen LogP contribution in [0.3, 0.4) is 0 Å². The summed E-state index contributed by atoms with van der Waals surface area (Å²) in [5, 5.41) is 11.3. The summed E-state index contributed by atoms with van der Waals surface area (Å²) in [7, 11) is 1.70. The van der Waals surface area contributed by atoms with E-state index >= 15 is 0 Å². The van der Waals surface area contributed by atoms with Crippen LogP contribution in [0.5, 0.6) is 5.75 Å². The molecule has 120 valence electrons. The van der Waals surface area contributed by atoms with Crippen molar-refractivity contribution in [2.75, 3.05) is 7.11 Å². The van der Waals surface area contributed by atoms with Crippen molar-refractivity contribution in [2.24, 2.45) is 0 Å². The fraction of sp³-hybridized carbons (Fsp3) is 0.278. The van der Waals surface area contributed by atoms with Crippen molar-refractivity contribution in [1.29, 1.82) is 0 Å². The van der Waals surface area contributed by atoms with E-state index in [0.29, 0.717) is 0 Å². The van der Waals surface area contributed by atoms with E-state index in [1.165, 1.54) is 11.1 Å². The summed E-state index contributed by atoms with van der Waals surface area (Å²) in [5.41, 5.74) is 3.66. The number of thiophene rings is 1. The first-order chi connectivity index (χ1) is 11.2. The molecule has 1 N–H and O–H groups in total. The van der Waals surface area contributed by atoms with Crippen LogP contribution >= 0.6 is 22.7 Å². The molecule has 2 heterocycles. The first-order valence-corrected chi connectivity index (χ1v) is 9.36. The van der Waals surface area contributed by atoms with Gasteiger partial charge in [0.25, 0.3) is 0 Å². The molecule has 1 atom stereocenters. The summed E-state index contributed by atoms with van der Waals surface area (Å²) in [5.74, 6) is 0.892. The van der Waals surface area contributed by atoms with Crippen LogP contribution < -0.4 is 10.1 Å². The van der Waals surface area contributed by atoms with E-state index in [1.807, 2.05) is 19.1 Å². The smallest absolute Gasteiger partial charge is 0.119 e. The Labute approximate surface area is 145 Å². The van der Waals surface area contributed by atoms with Crippen LogP contribution in [0.1, 0.15) is 27.9 Å². The van der Waals surface area contributed by atoms with Gasteiger partial charge in [0.15, 0.2) is 0 Å². The number of nitrogens with zero attached hydrogens (tertiary/aromatic N) is 1. The number of hydrogen-bond acceptors (Lipinski definition) is 5. The van der Waals surface area contributed by atoms with E-state index in [4.69, 9.17) is 4.74 Å². The molecule has 3 rings (SSSR count). The van der Waals surface area contributed by atoms with E-state index in [-0.39, 0.29) is 6.04 Å². The van der Waals surface area contributed by atoms with Crippen molar-refractivity contribution >= 4 is 22.7 Å². The second-order valence-corrected chi connectivity index (χ2v) is 7.12. The van der Waals surface area contributed by atoms with Crippen LogP contribution in [-0.4, -0.2) is 12.1 Å². The van der Waals surface area contributed by atoms with E-state index < -0.39 is 0 Å². The summed E-state index contributed by atoms with van der Waals surface area (Å²) in [6.07, 6.45) is 0.959. The minimum absolute atomic E-state index is 0.231. The van der Waals surface area contributed by atoms with Gasteiger partial charge in [-0.25, -0.2) is 4.98 Å². The predicted molar refractivity (Wildman–Crippen MR) is 97.4 cm³/mol. The van der Waals surface area contributed by atoms with Gasteiger partial charge in [0.05, 0.1) is 13.2 Å². The van der Waals surface area contributed by atoms with E-state index in [1.54, 1.807) is 29.8 Å². The number of nitrogens with one attached hydrogen (secondary N) is 1. The lowest BCUT2D eigenvalue weighted by Crippen LogP contribution is -2.22. The Morgan fingerprint density at radius 2 is 2.13 bits per heavy atom. The van der Waals surface area contributed by atoms with Crippen LogP contribution in [-0.2, 0) is 13.0 Å². The van der Waals surface area contributed by atoms with Gasteiger partial charge < -0.3 is 10.1 Å². The Hall–Kier alpha value is -1.69. The number of rotatable bonds is 7. The number of thiazole rings is 1. The Bertz CT molecular complexity index is 737. The molecule has 0 fully saturated rings. The minimum atomic E-state index is 0.231. The number of hydrogen-bond donors (Lipinski definition) is 1. The third-order valence-corrected chi connectivity index (χ3v) is 5.45. The standard InChI is InChI=1S/C18H20N2OS2/c1-13-11-23-18(20-13)17(9-15-6-7-22-12-15)19-10-14-4-3-5-16(8-14)21-2/h3-8,11-12,17,19H,9-10H2,1-2H3/t17-/m1/s1. The van der Waals surface area contributed by atoms with Gasteiger partial charge >= 0.3 is 0 Å². The van der Waals surface area contributed by atoms with Crippen LogP contribution in [0, 0.1) is 6.92 Å². The summed E-state index contributed by atoms with van der Waals surface area (Å²) >= 11 is 3.47. The highest BCUT2D eigenvalue weighted by Gasteiger charge is 2.16. The average Bonchev–Trinajstić information content (AvgIpc) is 3.23. The SMILES string of the molecule is COc1cccc(CN[C@H](Cc2ccsc2)c2nc(C)cs2)c1. The first kappa shape index (κ1) is 16.2. The molecule has 0 amide bonds. The average molecular weight is 345 g/mol. The number of methoxy groups -OCH3 is 1. The Morgan fingerprint density at radius 3 is 2.83 bits per heavy atom. The van der Waals surface area contributed by atoms with Crippen molar-refractivity contribution in [3.63, 3.8) is 0 Å². The highest BCUT2D eigenvalue weighted by Crippen LogP contribution is 2.24. The molecule has 0 bridgehead atoms. The number of aromatic nitrogens is 1. The molecule has 0 unspecified atom stereocenters. The van der Waals surface area contributed by atoms with Crippen LogP contribution in [0.25, 0.3) is 0 Å². The second-order valence-electron chi connectivity index (χ2n) is 5.45. The Morgan fingerprint density at radius 1 is 1.22 bits per heavy atom. The number of aryl methyl sites for hydroxylation is 1. The van der Waals surface area contributed by atoms with E-state index in [0.717, 1.165) is 29.4 Å². The fourth-order valence-corrected chi connectivity index (χ4v) is 4.00. The zero-order valence-electron chi connectivity index (χ0n) is 13.3. The minimum Gasteiger partial charge on any atom is -0.497 e. The molecular weight excluding hydrogens is 324 g/mol. The molecule has 2 aromatic heterocycles. The van der Waals surface area contributed by atoms with Crippen molar-refractivity contribution in [3.8, 4) is 5.75 Å². The fourth-order valence-electron chi connectivity index (χ4n) is 2.45. The molecule has 1 aromatic carbocycles. The van der Waals surface area contributed by atoms with Gasteiger partial charge in [-0.05, 0) is 53.4 Å². The van der Waals surface area contributed by atoms with Crippen molar-refractivity contribution in [2.45, 2.75) is 25.9 Å². The van der Waals surface area contributed by atoms with Crippen LogP contribution in [0.2, 0.25) is 0 Å². The Balaban J connectivity index is 1.72. The summed E-state index contributed by atoms with van der Waals surface area (Å²) in [4.78, 5) is 4.67. The maximum atomic E-state index is 5.30. The normalized spacial score (nSPS) is 12.3. The summed E-state index contributed by atoms with van der Waals surface area (Å²) < 4.78 is 5.30. The molecular formula is C18H20N2OS2. The highest BCUT2D eigenvalue weighted by atomic mass is 32.1. The van der Waals surface area contributed by atoms with Gasteiger partial charge in [0.1, 0.15) is 10.8 Å². The monoisotopic (exact) mass is 344 g/mol. The molecule has 0 aliphatic rings. The summed E-state index contributed by atoms with van der Waals surface area (Å²) in [6.45, 7) is 2.84. The molecule has 23 heavy (non-hydrogen) atoms. The van der Waals surface area contributed by atoms with Crippen LogP contribution in [0.15, 0.2) is 46.5 Å². The zero-order chi connectivity index (χ0) is 16.1. The molecule has 0 spiro atoms. The maximum Gasteiger partial charge on any atom is 0.119 e. The molecule has 0 radical (unpaired) electrons. The first-order valence-electron chi connectivity index (χ1n) is 7.54. The maximum absolute atomic E-state index is 5.30. The van der Waals surface area contributed by atoms with Gasteiger partial charge in [-0.3, -0.25) is 0 Å². The van der Waals surface area contributed by atoms with Gasteiger partial charge in [-0.15, -0.1) is 11.3 Å². The third-order valence-electron chi connectivity index (χ3n) is 3.64. The number of ether oxygens (including phenoxy) is 1. The predicted octanol–water partition coefficient (Wildman–Crippen LogP) is 4.60. The van der Waals surface area contributed by atoms with E-state index in [2.05, 4.69) is 44.6 Å². The lowest BCUT2D eigenvalue weighted by molar-refractivity contribution is 0.413. The molecule has 0 aliphatic heterocycles. The number of benzene rings is 1. The second kappa shape index (κ2) is 7.73. The van der Waals surface area contributed by atoms with Crippen LogP contribution in [0.4, 0.5) is 0 Å². The van der Waals surface area contributed by atoms with Crippen molar-refractivity contribution < 1.29 is 4.74 Å². The van der Waals surface area contributed by atoms with Gasteiger partial charge in [0.2, 0.25) is 0 Å². The van der Waals surface area contributed by atoms with E-state index in [9.17, 15) is 0 Å². The summed E-state index contributed by atoms with van der Waals surface area (Å²) in [6, 6.07) is 10.6. The third kappa shape index (κ3) is 4.41. The molecule has 0 aliphatic carbocycles. The zero-order valence-corrected chi connectivity index (χ0v) is 14.9. The van der Waals surface area contributed by atoms with Gasteiger partial charge in [0, 0.05) is 17.6 Å². The largest absolute Gasteiger partial charge is 0.497 e. The van der Waals surface area contributed by atoms with Gasteiger partial charge in [-0.1, -0.05) is 12.1 Å². The van der Waals surface area contributed by atoms with Crippen molar-refractivity contribution in [1.82, 2.24) is 10.3 Å². The highest BCUT2D eigenvalue weighted by molar-refractivity contribution is 7.09. The molecule has 3 aromatic rings. The quantitative estimate of drug-likeness (QED) is 0.680. The lowest BCUT2D eigenvalue weighted by Gasteiger charge is -2.16. The topological polar surface area (TPSA) is 34.1 Å². The van der Waals surface area contributed by atoms with Crippen molar-refractivity contribution in [3.05, 3.63) is 68.3 Å².